The number of ether oxygens (including phenoxy) is 1. The molecule has 0 radical (unpaired) electrons. The van der Waals surface area contributed by atoms with E-state index in [1.165, 1.54) is 25.5 Å². The first-order valence-electron chi connectivity index (χ1n) is 7.18. The van der Waals surface area contributed by atoms with Crippen molar-refractivity contribution in [3.05, 3.63) is 29.5 Å². The molecule has 3 rings (SSSR count). The average molecular weight is 285 g/mol. The molecule has 0 aliphatic heterocycles. The first kappa shape index (κ1) is 13.7. The van der Waals surface area contributed by atoms with Crippen molar-refractivity contribution in [3.8, 4) is 22.9 Å². The van der Waals surface area contributed by atoms with E-state index < -0.39 is 0 Å². The van der Waals surface area contributed by atoms with Gasteiger partial charge >= 0.3 is 0 Å². The molecule has 0 spiro atoms. The Labute approximate surface area is 124 Å². The van der Waals surface area contributed by atoms with Gasteiger partial charge in [0.1, 0.15) is 5.82 Å². The van der Waals surface area contributed by atoms with Gasteiger partial charge in [0.05, 0.1) is 7.11 Å². The third-order valence-electron chi connectivity index (χ3n) is 3.86. The van der Waals surface area contributed by atoms with Gasteiger partial charge in [0.25, 0.3) is 0 Å². The number of methoxy groups -OCH3 is 1. The van der Waals surface area contributed by atoms with E-state index in [0.29, 0.717) is 11.6 Å². The van der Waals surface area contributed by atoms with Gasteiger partial charge in [-0.1, -0.05) is 0 Å². The van der Waals surface area contributed by atoms with E-state index in [2.05, 4.69) is 15.3 Å². The molecule has 0 bridgehead atoms. The zero-order valence-corrected chi connectivity index (χ0v) is 12.3. The maximum absolute atomic E-state index is 9.92. The molecule has 5 heteroatoms. The summed E-state index contributed by atoms with van der Waals surface area (Å²) < 4.78 is 5.07. The molecule has 2 N–H and O–H groups in total. The van der Waals surface area contributed by atoms with Crippen LogP contribution in [-0.2, 0) is 12.8 Å². The fourth-order valence-electron chi connectivity index (χ4n) is 2.76. The first-order chi connectivity index (χ1) is 10.2. The lowest BCUT2D eigenvalue weighted by molar-refractivity contribution is 0.373. The monoisotopic (exact) mass is 285 g/mol. The number of hydrogen-bond acceptors (Lipinski definition) is 5. The SMILES string of the molecule is CNc1nc(-c2ccc(OC)c(O)c2)nc2c1CCCC2. The van der Waals surface area contributed by atoms with Gasteiger partial charge in [-0.2, -0.15) is 0 Å². The minimum Gasteiger partial charge on any atom is -0.504 e. The van der Waals surface area contributed by atoms with Gasteiger partial charge in [0, 0.05) is 23.9 Å². The lowest BCUT2D eigenvalue weighted by Crippen LogP contribution is -2.11. The van der Waals surface area contributed by atoms with Gasteiger partial charge < -0.3 is 15.2 Å². The lowest BCUT2D eigenvalue weighted by atomic mass is 9.96. The number of anilines is 1. The summed E-state index contributed by atoms with van der Waals surface area (Å²) in [6.07, 6.45) is 4.37. The van der Waals surface area contributed by atoms with Crippen molar-refractivity contribution in [1.82, 2.24) is 9.97 Å². The maximum Gasteiger partial charge on any atom is 0.161 e. The van der Waals surface area contributed by atoms with E-state index in [4.69, 9.17) is 4.74 Å². The minimum absolute atomic E-state index is 0.0994. The highest BCUT2D eigenvalue weighted by atomic mass is 16.5. The first-order valence-corrected chi connectivity index (χ1v) is 7.18. The summed E-state index contributed by atoms with van der Waals surface area (Å²) in [6, 6.07) is 5.23. The second-order valence-corrected chi connectivity index (χ2v) is 5.16. The number of aromatic nitrogens is 2. The summed E-state index contributed by atoms with van der Waals surface area (Å²) in [5, 5.41) is 13.1. The zero-order chi connectivity index (χ0) is 14.8. The number of phenolic OH excluding ortho intramolecular Hbond substituents is 1. The number of benzene rings is 1. The zero-order valence-electron chi connectivity index (χ0n) is 12.3. The highest BCUT2D eigenvalue weighted by molar-refractivity contribution is 5.63. The molecule has 1 aromatic heterocycles. The maximum atomic E-state index is 9.92. The molecule has 0 saturated heterocycles. The van der Waals surface area contributed by atoms with Gasteiger partial charge in [0.2, 0.25) is 0 Å². The molecule has 5 nitrogen and oxygen atoms in total. The standard InChI is InChI=1S/C16H19N3O2/c1-17-16-11-5-3-4-6-12(11)18-15(19-16)10-7-8-14(21-2)13(20)9-10/h7-9,20H,3-6H2,1-2H3,(H,17,18,19). The number of hydrogen-bond donors (Lipinski definition) is 2. The molecular weight excluding hydrogens is 266 g/mol. The Morgan fingerprint density at radius 3 is 2.71 bits per heavy atom. The molecule has 0 saturated carbocycles. The number of aromatic hydroxyl groups is 1. The largest absolute Gasteiger partial charge is 0.504 e. The van der Waals surface area contributed by atoms with Crippen molar-refractivity contribution in [2.45, 2.75) is 25.7 Å². The Morgan fingerprint density at radius 1 is 1.19 bits per heavy atom. The van der Waals surface area contributed by atoms with E-state index in [1.807, 2.05) is 13.1 Å². The number of phenols is 1. The van der Waals surface area contributed by atoms with Gasteiger partial charge in [-0.25, -0.2) is 9.97 Å². The summed E-state index contributed by atoms with van der Waals surface area (Å²) in [6.45, 7) is 0. The predicted molar refractivity (Wildman–Crippen MR) is 81.9 cm³/mol. The Hall–Kier alpha value is -2.30. The molecule has 0 fully saturated rings. The van der Waals surface area contributed by atoms with E-state index in [-0.39, 0.29) is 5.75 Å². The molecule has 0 atom stereocenters. The average Bonchev–Trinajstić information content (AvgIpc) is 2.53. The van der Waals surface area contributed by atoms with Crippen molar-refractivity contribution in [2.24, 2.45) is 0 Å². The second kappa shape index (κ2) is 5.60. The molecule has 2 aromatic rings. The highest BCUT2D eigenvalue weighted by Gasteiger charge is 2.18. The normalized spacial score (nSPS) is 13.6. The predicted octanol–water partition coefficient (Wildman–Crippen LogP) is 2.78. The number of nitrogens with one attached hydrogen (secondary N) is 1. The van der Waals surface area contributed by atoms with Crippen LogP contribution in [0.3, 0.4) is 0 Å². The third kappa shape index (κ3) is 2.51. The fraction of sp³-hybridized carbons (Fsp3) is 0.375. The summed E-state index contributed by atoms with van der Waals surface area (Å²) in [7, 11) is 3.41. The minimum atomic E-state index is 0.0994. The van der Waals surface area contributed by atoms with Crippen molar-refractivity contribution in [3.63, 3.8) is 0 Å². The Bertz CT molecular complexity index is 654. The van der Waals surface area contributed by atoms with Crippen LogP contribution in [0.15, 0.2) is 18.2 Å². The van der Waals surface area contributed by atoms with Crippen LogP contribution in [0.2, 0.25) is 0 Å². The van der Waals surface area contributed by atoms with Gasteiger partial charge in [-0.15, -0.1) is 0 Å². The Balaban J connectivity index is 2.08. The van der Waals surface area contributed by atoms with Gasteiger partial charge in [-0.3, -0.25) is 0 Å². The molecule has 0 unspecified atom stereocenters. The molecule has 1 heterocycles. The van der Waals surface area contributed by atoms with E-state index in [9.17, 15) is 5.11 Å². The number of rotatable bonds is 3. The smallest absolute Gasteiger partial charge is 0.161 e. The van der Waals surface area contributed by atoms with Crippen LogP contribution < -0.4 is 10.1 Å². The molecule has 0 amide bonds. The Kier molecular flexibility index (Phi) is 3.64. The van der Waals surface area contributed by atoms with Crippen molar-refractivity contribution in [2.75, 3.05) is 19.5 Å². The lowest BCUT2D eigenvalue weighted by Gasteiger charge is -2.19. The van der Waals surface area contributed by atoms with Crippen molar-refractivity contribution in [1.29, 1.82) is 0 Å². The van der Waals surface area contributed by atoms with E-state index in [0.717, 1.165) is 29.9 Å². The van der Waals surface area contributed by atoms with Crippen LogP contribution in [-0.4, -0.2) is 29.2 Å². The van der Waals surface area contributed by atoms with Crippen LogP contribution in [0.4, 0.5) is 5.82 Å². The van der Waals surface area contributed by atoms with Crippen LogP contribution in [0.1, 0.15) is 24.1 Å². The van der Waals surface area contributed by atoms with Crippen LogP contribution in [0, 0.1) is 0 Å². The molecule has 1 aliphatic rings. The van der Waals surface area contributed by atoms with E-state index >= 15 is 0 Å². The molecule has 1 aliphatic carbocycles. The third-order valence-corrected chi connectivity index (χ3v) is 3.86. The number of fused-ring (bicyclic) bond motifs is 1. The summed E-state index contributed by atoms with van der Waals surface area (Å²) in [4.78, 5) is 9.28. The van der Waals surface area contributed by atoms with Gasteiger partial charge in [-0.05, 0) is 43.9 Å². The number of nitrogens with zero attached hydrogens (tertiary/aromatic N) is 2. The highest BCUT2D eigenvalue weighted by Crippen LogP contribution is 2.32. The Morgan fingerprint density at radius 2 is 2.00 bits per heavy atom. The van der Waals surface area contributed by atoms with Crippen molar-refractivity contribution < 1.29 is 9.84 Å². The molecular formula is C16H19N3O2. The summed E-state index contributed by atoms with van der Waals surface area (Å²) in [5.41, 5.74) is 3.13. The quantitative estimate of drug-likeness (QED) is 0.907. The fourth-order valence-corrected chi connectivity index (χ4v) is 2.76. The van der Waals surface area contributed by atoms with E-state index in [1.54, 1.807) is 12.1 Å². The topological polar surface area (TPSA) is 67.3 Å². The van der Waals surface area contributed by atoms with Crippen LogP contribution in [0.25, 0.3) is 11.4 Å². The summed E-state index contributed by atoms with van der Waals surface area (Å²) in [5.74, 6) is 2.08. The number of aryl methyl sites for hydroxylation is 1. The van der Waals surface area contributed by atoms with Crippen LogP contribution in [0.5, 0.6) is 11.5 Å². The molecule has 110 valence electrons. The molecule has 21 heavy (non-hydrogen) atoms. The molecule has 1 aromatic carbocycles. The second-order valence-electron chi connectivity index (χ2n) is 5.16. The van der Waals surface area contributed by atoms with Gasteiger partial charge in [0.15, 0.2) is 17.3 Å². The van der Waals surface area contributed by atoms with Crippen molar-refractivity contribution >= 4 is 5.82 Å². The summed E-state index contributed by atoms with van der Waals surface area (Å²) >= 11 is 0. The van der Waals surface area contributed by atoms with Crippen LogP contribution >= 0.6 is 0 Å².